The molecular formula is C6H13NO5. The molecule has 1 aliphatic rings. The number of rotatable bonds is 1. The highest BCUT2D eigenvalue weighted by Crippen LogP contribution is 2.17. The third-order valence-electron chi connectivity index (χ3n) is 1.84. The predicted octanol–water partition coefficient (Wildman–Crippen LogP) is -3.26. The fourth-order valence-electron chi connectivity index (χ4n) is 1.03. The van der Waals surface area contributed by atoms with Crippen molar-refractivity contribution in [3.8, 4) is 0 Å². The van der Waals surface area contributed by atoms with E-state index >= 15 is 0 Å². The smallest absolute Gasteiger partial charge is 0.173 e. The minimum Gasteiger partial charge on any atom is -0.394 e. The van der Waals surface area contributed by atoms with Crippen molar-refractivity contribution in [3.63, 3.8) is 0 Å². The molecule has 5 atom stereocenters. The van der Waals surface area contributed by atoms with Gasteiger partial charge in [-0.05, 0) is 0 Å². The summed E-state index contributed by atoms with van der Waals surface area (Å²) in [5, 5.41) is 36.3. The first-order chi connectivity index (χ1) is 5.90. The Balaban J connectivity index is 2.79. The van der Waals surface area contributed by atoms with Crippen LogP contribution in [0.15, 0.2) is 0 Å². The highest BCUT2D eigenvalue weighted by Gasteiger charge is 2.41. The fourth-order valence-corrected chi connectivity index (χ4v) is 1.03. The molecule has 1 fully saturated rings. The standard InChI is InChI=1S/C6H13NO5/c7-3-5(10)4(9)2(1-8)12-6(3)11/h2-6,8-11H,1,7H2/t2-,3-,4+,5-,6-/m1/s1/i6D. The molecule has 6 N–H and O–H groups in total. The number of aliphatic hydroxyl groups excluding tert-OH is 3. The highest BCUT2D eigenvalue weighted by molar-refractivity contribution is 4.90. The first-order valence-corrected chi connectivity index (χ1v) is 3.53. The van der Waals surface area contributed by atoms with Crippen LogP contribution in [-0.2, 0) is 4.74 Å². The molecule has 72 valence electrons. The van der Waals surface area contributed by atoms with Crippen molar-refractivity contribution in [3.05, 3.63) is 0 Å². The first kappa shape index (κ1) is 8.36. The molecule has 0 aromatic carbocycles. The molecule has 0 saturated carbocycles. The molecule has 0 aromatic heterocycles. The van der Waals surface area contributed by atoms with Crippen LogP contribution >= 0.6 is 0 Å². The summed E-state index contributed by atoms with van der Waals surface area (Å²) in [5.41, 5.74) is 5.21. The van der Waals surface area contributed by atoms with Crippen LogP contribution in [0.3, 0.4) is 0 Å². The monoisotopic (exact) mass is 180 g/mol. The van der Waals surface area contributed by atoms with E-state index in [0.29, 0.717) is 0 Å². The van der Waals surface area contributed by atoms with Crippen LogP contribution in [0, 0.1) is 0 Å². The van der Waals surface area contributed by atoms with Gasteiger partial charge < -0.3 is 30.9 Å². The van der Waals surface area contributed by atoms with Gasteiger partial charge in [-0.25, -0.2) is 0 Å². The Hall–Kier alpha value is -0.240. The zero-order valence-corrected chi connectivity index (χ0v) is 6.29. The number of aliphatic hydroxyl groups is 4. The van der Waals surface area contributed by atoms with Crippen molar-refractivity contribution in [2.45, 2.75) is 30.6 Å². The van der Waals surface area contributed by atoms with Gasteiger partial charge in [-0.15, -0.1) is 0 Å². The number of hydrogen-bond acceptors (Lipinski definition) is 6. The van der Waals surface area contributed by atoms with E-state index < -0.39 is 37.2 Å². The molecule has 0 unspecified atom stereocenters. The third-order valence-corrected chi connectivity index (χ3v) is 1.84. The quantitative estimate of drug-likeness (QED) is 0.289. The Morgan fingerprint density at radius 2 is 1.92 bits per heavy atom. The van der Waals surface area contributed by atoms with Crippen molar-refractivity contribution < 1.29 is 26.5 Å². The normalized spacial score (nSPS) is 56.6. The zero-order chi connectivity index (χ0) is 10.2. The molecular weight excluding hydrogens is 166 g/mol. The molecule has 1 aliphatic heterocycles. The molecule has 6 nitrogen and oxygen atoms in total. The lowest BCUT2D eigenvalue weighted by Gasteiger charge is -2.38. The maximum Gasteiger partial charge on any atom is 0.173 e. The lowest BCUT2D eigenvalue weighted by Crippen LogP contribution is -2.61. The van der Waals surface area contributed by atoms with Gasteiger partial charge in [-0.3, -0.25) is 0 Å². The molecule has 6 heteroatoms. The van der Waals surface area contributed by atoms with Gasteiger partial charge in [0.15, 0.2) is 6.27 Å². The summed E-state index contributed by atoms with van der Waals surface area (Å²) in [5.74, 6) is 0. The number of hydrogen-bond donors (Lipinski definition) is 5. The largest absolute Gasteiger partial charge is 0.394 e. The average Bonchev–Trinajstić information content (AvgIpc) is 2.08. The average molecular weight is 180 g/mol. The topological polar surface area (TPSA) is 116 Å². The minimum absolute atomic E-state index is 0.605. The summed E-state index contributed by atoms with van der Waals surface area (Å²) in [6, 6.07) is -1.43. The van der Waals surface area contributed by atoms with Crippen LogP contribution < -0.4 is 5.73 Å². The van der Waals surface area contributed by atoms with Crippen LogP contribution in [0.5, 0.6) is 0 Å². The summed E-state index contributed by atoms with van der Waals surface area (Å²) < 4.78 is 11.7. The predicted molar refractivity (Wildman–Crippen MR) is 38.0 cm³/mol. The van der Waals surface area contributed by atoms with E-state index in [9.17, 15) is 10.2 Å². The van der Waals surface area contributed by atoms with Crippen molar-refractivity contribution in [1.29, 1.82) is 0 Å². The van der Waals surface area contributed by atoms with E-state index in [4.69, 9.17) is 17.3 Å². The first-order valence-electron chi connectivity index (χ1n) is 4.03. The van der Waals surface area contributed by atoms with E-state index in [0.717, 1.165) is 0 Å². The van der Waals surface area contributed by atoms with Gasteiger partial charge in [0.1, 0.15) is 18.3 Å². The molecule has 1 heterocycles. The molecule has 0 bridgehead atoms. The van der Waals surface area contributed by atoms with Gasteiger partial charge in [0.2, 0.25) is 0 Å². The second-order valence-corrected chi connectivity index (χ2v) is 2.68. The molecule has 0 amide bonds. The van der Waals surface area contributed by atoms with Crippen molar-refractivity contribution in [2.24, 2.45) is 5.73 Å². The van der Waals surface area contributed by atoms with Crippen molar-refractivity contribution in [1.82, 2.24) is 0 Å². The van der Waals surface area contributed by atoms with Crippen molar-refractivity contribution >= 4 is 0 Å². The molecule has 0 spiro atoms. The van der Waals surface area contributed by atoms with Gasteiger partial charge in [-0.2, -0.15) is 0 Å². The SMILES string of the molecule is [2H][C@@]1(O)O[C@H](CO)[C@H](O)[C@H](O)[C@H]1N. The van der Waals surface area contributed by atoms with Crippen LogP contribution in [0.2, 0.25) is 0 Å². The van der Waals surface area contributed by atoms with Gasteiger partial charge in [0.05, 0.1) is 14.0 Å². The number of ether oxygens (including phenoxy) is 1. The highest BCUT2D eigenvalue weighted by atomic mass is 16.6. The van der Waals surface area contributed by atoms with Gasteiger partial charge >= 0.3 is 0 Å². The van der Waals surface area contributed by atoms with Crippen LogP contribution in [-0.4, -0.2) is 57.7 Å². The summed E-state index contributed by atoms with van der Waals surface area (Å²) in [6.07, 6.45) is -6.57. The Labute approximate surface area is 70.6 Å². The molecule has 1 saturated heterocycles. The fraction of sp³-hybridized carbons (Fsp3) is 1.00. The van der Waals surface area contributed by atoms with E-state index in [2.05, 4.69) is 4.74 Å². The van der Waals surface area contributed by atoms with E-state index in [1.54, 1.807) is 0 Å². The van der Waals surface area contributed by atoms with E-state index in [1.165, 1.54) is 0 Å². The Kier molecular flexibility index (Phi) is 2.54. The Morgan fingerprint density at radius 3 is 2.42 bits per heavy atom. The van der Waals surface area contributed by atoms with Gasteiger partial charge in [0, 0.05) is 0 Å². The number of nitrogens with two attached hydrogens (primary N) is 1. The Bertz CT molecular complexity index is 188. The molecule has 0 aromatic rings. The van der Waals surface area contributed by atoms with Crippen LogP contribution in [0.25, 0.3) is 0 Å². The lowest BCUT2D eigenvalue weighted by atomic mass is 9.98. The van der Waals surface area contributed by atoms with Crippen LogP contribution in [0.4, 0.5) is 0 Å². The summed E-state index contributed by atoms with van der Waals surface area (Å²) >= 11 is 0. The Morgan fingerprint density at radius 1 is 1.33 bits per heavy atom. The van der Waals surface area contributed by atoms with Crippen LogP contribution in [0.1, 0.15) is 1.37 Å². The molecule has 0 radical (unpaired) electrons. The van der Waals surface area contributed by atoms with Gasteiger partial charge in [-0.1, -0.05) is 0 Å². The lowest BCUT2D eigenvalue weighted by molar-refractivity contribution is -0.248. The maximum absolute atomic E-state index is 9.24. The summed E-state index contributed by atoms with van der Waals surface area (Å²) in [6.45, 7) is -0.605. The summed E-state index contributed by atoms with van der Waals surface area (Å²) in [7, 11) is 0. The third kappa shape index (κ3) is 1.58. The summed E-state index contributed by atoms with van der Waals surface area (Å²) in [4.78, 5) is 0. The molecule has 0 aliphatic carbocycles. The second-order valence-electron chi connectivity index (χ2n) is 2.68. The maximum atomic E-state index is 9.24. The zero-order valence-electron chi connectivity index (χ0n) is 7.29. The minimum atomic E-state index is -2.48. The molecule has 1 rings (SSSR count). The molecule has 12 heavy (non-hydrogen) atoms. The van der Waals surface area contributed by atoms with Gasteiger partial charge in [0.25, 0.3) is 0 Å². The second kappa shape index (κ2) is 3.65. The van der Waals surface area contributed by atoms with E-state index in [1.807, 2.05) is 0 Å². The van der Waals surface area contributed by atoms with E-state index in [-0.39, 0.29) is 0 Å². The van der Waals surface area contributed by atoms with Crippen molar-refractivity contribution in [2.75, 3.05) is 6.61 Å².